The summed E-state index contributed by atoms with van der Waals surface area (Å²) in [4.78, 5) is 45.6. The van der Waals surface area contributed by atoms with Crippen LogP contribution in [-0.4, -0.2) is 36.9 Å². The highest BCUT2D eigenvalue weighted by molar-refractivity contribution is 5.96. The number of nitrogens with zero attached hydrogens (tertiary/aromatic N) is 1. The number of nitro benzene ring substituents is 1. The van der Waals surface area contributed by atoms with Gasteiger partial charge in [0.05, 0.1) is 30.3 Å². The maximum atomic E-state index is 11.8. The van der Waals surface area contributed by atoms with Gasteiger partial charge in [-0.3, -0.25) is 14.9 Å². The maximum absolute atomic E-state index is 11.8. The number of esters is 2. The number of carbonyl (C=O) groups excluding carboxylic acids is 3. The number of Topliss-reactive ketones (excluding diaryl/α,β-unsaturated/α-hetero) is 1. The SMILES string of the molecule is COC(=O)c1cc(Oc2ccc(C(C)=O)cc2[N+](=O)[O-])cc(C(=O)OC)c1. The number of ketones is 1. The quantitative estimate of drug-likeness (QED) is 0.327. The third kappa shape index (κ3) is 4.46. The number of carbonyl (C=O) groups is 3. The van der Waals surface area contributed by atoms with Crippen molar-refractivity contribution in [2.24, 2.45) is 0 Å². The molecule has 9 nitrogen and oxygen atoms in total. The normalized spacial score (nSPS) is 10.0. The molecule has 0 spiro atoms. The van der Waals surface area contributed by atoms with E-state index >= 15 is 0 Å². The summed E-state index contributed by atoms with van der Waals surface area (Å²) in [6.07, 6.45) is 0. The second kappa shape index (κ2) is 8.09. The molecule has 0 aliphatic rings. The molecule has 0 atom stereocenters. The van der Waals surface area contributed by atoms with Gasteiger partial charge in [-0.2, -0.15) is 0 Å². The largest absolute Gasteiger partial charge is 0.465 e. The summed E-state index contributed by atoms with van der Waals surface area (Å²) in [7, 11) is 2.33. The highest BCUT2D eigenvalue weighted by Crippen LogP contribution is 2.33. The molecule has 0 aliphatic heterocycles. The molecular formula is C18H15NO8. The fourth-order valence-corrected chi connectivity index (χ4v) is 2.22. The van der Waals surface area contributed by atoms with Gasteiger partial charge in [-0.25, -0.2) is 9.59 Å². The van der Waals surface area contributed by atoms with Crippen LogP contribution in [-0.2, 0) is 9.47 Å². The Kier molecular flexibility index (Phi) is 5.86. The fraction of sp³-hybridized carbons (Fsp3) is 0.167. The van der Waals surface area contributed by atoms with Crippen LogP contribution in [0.3, 0.4) is 0 Å². The maximum Gasteiger partial charge on any atom is 0.338 e. The minimum Gasteiger partial charge on any atom is -0.465 e. The van der Waals surface area contributed by atoms with Crippen LogP contribution in [0.15, 0.2) is 36.4 Å². The predicted octanol–water partition coefficient (Wildman–Crippen LogP) is 3.16. The van der Waals surface area contributed by atoms with Gasteiger partial charge < -0.3 is 14.2 Å². The number of ether oxygens (including phenoxy) is 3. The van der Waals surface area contributed by atoms with E-state index in [2.05, 4.69) is 9.47 Å². The minimum absolute atomic E-state index is 0.00147. The van der Waals surface area contributed by atoms with Crippen molar-refractivity contribution in [1.29, 1.82) is 0 Å². The summed E-state index contributed by atoms with van der Waals surface area (Å²) in [6, 6.07) is 7.50. The van der Waals surface area contributed by atoms with E-state index in [1.165, 1.54) is 51.5 Å². The summed E-state index contributed by atoms with van der Waals surface area (Å²) < 4.78 is 14.8. The number of hydrogen-bond acceptors (Lipinski definition) is 8. The molecule has 0 radical (unpaired) electrons. The van der Waals surface area contributed by atoms with E-state index in [0.29, 0.717) is 0 Å². The van der Waals surface area contributed by atoms with Crippen LogP contribution in [0, 0.1) is 10.1 Å². The summed E-state index contributed by atoms with van der Waals surface area (Å²) >= 11 is 0. The molecule has 0 aromatic heterocycles. The third-order valence-corrected chi connectivity index (χ3v) is 3.54. The van der Waals surface area contributed by atoms with Gasteiger partial charge in [0.2, 0.25) is 5.75 Å². The summed E-state index contributed by atoms with van der Waals surface area (Å²) in [5, 5.41) is 11.3. The zero-order chi connectivity index (χ0) is 20.1. The minimum atomic E-state index is -0.730. The second-order valence-corrected chi connectivity index (χ2v) is 5.33. The fourth-order valence-electron chi connectivity index (χ4n) is 2.22. The summed E-state index contributed by atoms with van der Waals surface area (Å²) in [5.74, 6) is -1.98. The number of nitro groups is 1. The van der Waals surface area contributed by atoms with Crippen molar-refractivity contribution in [3.8, 4) is 11.5 Å². The van der Waals surface area contributed by atoms with Gasteiger partial charge in [0.15, 0.2) is 5.78 Å². The topological polar surface area (TPSA) is 122 Å². The molecule has 27 heavy (non-hydrogen) atoms. The Hall–Kier alpha value is -3.75. The average Bonchev–Trinajstić information content (AvgIpc) is 2.66. The van der Waals surface area contributed by atoms with Gasteiger partial charge in [0.25, 0.3) is 0 Å². The van der Waals surface area contributed by atoms with E-state index in [1.54, 1.807) is 0 Å². The molecule has 2 aromatic rings. The van der Waals surface area contributed by atoms with E-state index in [-0.39, 0.29) is 34.0 Å². The van der Waals surface area contributed by atoms with Crippen molar-refractivity contribution >= 4 is 23.4 Å². The van der Waals surface area contributed by atoms with Crippen LogP contribution in [0.1, 0.15) is 38.0 Å². The van der Waals surface area contributed by atoms with Crippen LogP contribution >= 0.6 is 0 Å². The number of benzene rings is 2. The zero-order valence-electron chi connectivity index (χ0n) is 14.7. The van der Waals surface area contributed by atoms with Crippen molar-refractivity contribution in [3.05, 3.63) is 63.2 Å². The lowest BCUT2D eigenvalue weighted by molar-refractivity contribution is -0.385. The lowest BCUT2D eigenvalue weighted by atomic mass is 10.1. The molecule has 0 N–H and O–H groups in total. The summed E-state index contributed by atoms with van der Waals surface area (Å²) in [5.41, 5.74) is -0.296. The Labute approximate surface area is 153 Å². The Morgan fingerprint density at radius 2 is 1.44 bits per heavy atom. The van der Waals surface area contributed by atoms with Crippen LogP contribution < -0.4 is 4.74 Å². The Balaban J connectivity index is 2.53. The molecule has 9 heteroatoms. The molecular weight excluding hydrogens is 358 g/mol. The van der Waals surface area contributed by atoms with Gasteiger partial charge in [0.1, 0.15) is 5.75 Å². The number of rotatable bonds is 6. The zero-order valence-corrected chi connectivity index (χ0v) is 14.7. The monoisotopic (exact) mass is 373 g/mol. The van der Waals surface area contributed by atoms with Crippen LogP contribution in [0.5, 0.6) is 11.5 Å². The molecule has 2 aromatic carbocycles. The molecule has 0 bridgehead atoms. The van der Waals surface area contributed by atoms with E-state index in [0.717, 1.165) is 6.07 Å². The number of hydrogen-bond donors (Lipinski definition) is 0. The molecule has 0 saturated carbocycles. The molecule has 0 fully saturated rings. The molecule has 0 aliphatic carbocycles. The first-order valence-corrected chi connectivity index (χ1v) is 7.55. The molecule has 2 rings (SSSR count). The van der Waals surface area contributed by atoms with Crippen molar-refractivity contribution < 1.29 is 33.5 Å². The van der Waals surface area contributed by atoms with E-state index in [4.69, 9.17) is 4.74 Å². The van der Waals surface area contributed by atoms with Gasteiger partial charge in [0, 0.05) is 11.6 Å². The van der Waals surface area contributed by atoms with Crippen molar-refractivity contribution in [3.63, 3.8) is 0 Å². The second-order valence-electron chi connectivity index (χ2n) is 5.33. The Morgan fingerprint density at radius 3 is 1.89 bits per heavy atom. The summed E-state index contributed by atoms with van der Waals surface area (Å²) in [6.45, 7) is 1.28. The first kappa shape index (κ1) is 19.6. The van der Waals surface area contributed by atoms with Gasteiger partial charge in [-0.15, -0.1) is 0 Å². The number of methoxy groups -OCH3 is 2. The molecule has 140 valence electrons. The predicted molar refractivity (Wildman–Crippen MR) is 92.3 cm³/mol. The van der Waals surface area contributed by atoms with Crippen LogP contribution in [0.4, 0.5) is 5.69 Å². The molecule has 0 saturated heterocycles. The van der Waals surface area contributed by atoms with E-state index < -0.39 is 22.5 Å². The first-order chi connectivity index (χ1) is 12.8. The van der Waals surface area contributed by atoms with Crippen LogP contribution in [0.25, 0.3) is 0 Å². The van der Waals surface area contributed by atoms with E-state index in [1.807, 2.05) is 0 Å². The standard InChI is InChI=1S/C18H15NO8/c1-10(20)11-4-5-16(15(9-11)19(23)24)27-14-7-12(17(21)25-2)6-13(8-14)18(22)26-3/h4-9H,1-3H3. The van der Waals surface area contributed by atoms with Crippen molar-refractivity contribution in [2.75, 3.05) is 14.2 Å². The van der Waals surface area contributed by atoms with Gasteiger partial charge >= 0.3 is 17.6 Å². The molecule has 0 heterocycles. The van der Waals surface area contributed by atoms with Crippen molar-refractivity contribution in [1.82, 2.24) is 0 Å². The highest BCUT2D eigenvalue weighted by Gasteiger charge is 2.20. The lowest BCUT2D eigenvalue weighted by Gasteiger charge is -2.10. The first-order valence-electron chi connectivity index (χ1n) is 7.55. The highest BCUT2D eigenvalue weighted by atomic mass is 16.6. The molecule has 0 amide bonds. The van der Waals surface area contributed by atoms with Gasteiger partial charge in [-0.1, -0.05) is 0 Å². The van der Waals surface area contributed by atoms with E-state index in [9.17, 15) is 24.5 Å². The lowest BCUT2D eigenvalue weighted by Crippen LogP contribution is -2.07. The Morgan fingerprint density at radius 1 is 0.889 bits per heavy atom. The molecule has 0 unspecified atom stereocenters. The van der Waals surface area contributed by atoms with Gasteiger partial charge in [-0.05, 0) is 37.3 Å². The van der Waals surface area contributed by atoms with Crippen molar-refractivity contribution in [2.45, 2.75) is 6.92 Å². The Bertz CT molecular complexity index is 901. The average molecular weight is 373 g/mol. The smallest absolute Gasteiger partial charge is 0.338 e. The van der Waals surface area contributed by atoms with Crippen LogP contribution in [0.2, 0.25) is 0 Å². The third-order valence-electron chi connectivity index (χ3n) is 3.54.